The van der Waals surface area contributed by atoms with Crippen LogP contribution in [0.3, 0.4) is 0 Å². The second-order valence-corrected chi connectivity index (χ2v) is 5.09. The fourth-order valence-corrected chi connectivity index (χ4v) is 2.31. The Balaban J connectivity index is 2.21. The van der Waals surface area contributed by atoms with Gasteiger partial charge in [0.25, 0.3) is 0 Å². The van der Waals surface area contributed by atoms with E-state index in [0.717, 1.165) is 16.8 Å². The second kappa shape index (κ2) is 6.24. The molecule has 0 aliphatic heterocycles. The second-order valence-electron chi connectivity index (χ2n) is 5.09. The van der Waals surface area contributed by atoms with Crippen LogP contribution in [0.1, 0.15) is 24.0 Å². The molecule has 2 unspecified atom stereocenters. The topological polar surface area (TPSA) is 55.1 Å². The average molecular weight is 268 g/mol. The van der Waals surface area contributed by atoms with Crippen LogP contribution in [0.4, 0.5) is 5.69 Å². The molecule has 2 aromatic rings. The van der Waals surface area contributed by atoms with Gasteiger partial charge in [0.1, 0.15) is 6.04 Å². The molecule has 20 heavy (non-hydrogen) atoms. The fourth-order valence-electron chi connectivity index (χ4n) is 2.31. The minimum absolute atomic E-state index is 0.00853. The standard InChI is InChI=1S/C17H20N2O/c1-12-7-6-10-15(11-12)19-16(17(18)20)13(2)14-8-4-3-5-9-14/h3-11,13,16,19H,1-2H3,(H2,18,20). The van der Waals surface area contributed by atoms with Gasteiger partial charge in [-0.15, -0.1) is 0 Å². The molecule has 0 saturated heterocycles. The number of nitrogens with one attached hydrogen (secondary N) is 1. The van der Waals surface area contributed by atoms with Gasteiger partial charge in [-0.05, 0) is 30.2 Å². The van der Waals surface area contributed by atoms with E-state index in [1.165, 1.54) is 0 Å². The lowest BCUT2D eigenvalue weighted by Gasteiger charge is -2.24. The first-order valence-corrected chi connectivity index (χ1v) is 6.75. The van der Waals surface area contributed by atoms with Gasteiger partial charge in [0.2, 0.25) is 5.91 Å². The van der Waals surface area contributed by atoms with E-state index in [1.807, 2.05) is 68.4 Å². The maximum Gasteiger partial charge on any atom is 0.240 e. The van der Waals surface area contributed by atoms with Gasteiger partial charge < -0.3 is 11.1 Å². The number of primary amides is 1. The van der Waals surface area contributed by atoms with E-state index < -0.39 is 6.04 Å². The summed E-state index contributed by atoms with van der Waals surface area (Å²) < 4.78 is 0. The van der Waals surface area contributed by atoms with Crippen molar-refractivity contribution < 1.29 is 4.79 Å². The van der Waals surface area contributed by atoms with Gasteiger partial charge in [0, 0.05) is 11.6 Å². The molecule has 0 radical (unpaired) electrons. The summed E-state index contributed by atoms with van der Waals surface area (Å²) in [4.78, 5) is 11.8. The molecule has 3 N–H and O–H groups in total. The normalized spacial score (nSPS) is 13.5. The smallest absolute Gasteiger partial charge is 0.240 e. The summed E-state index contributed by atoms with van der Waals surface area (Å²) in [6.45, 7) is 4.03. The van der Waals surface area contributed by atoms with Crippen LogP contribution >= 0.6 is 0 Å². The van der Waals surface area contributed by atoms with E-state index in [2.05, 4.69) is 5.32 Å². The third kappa shape index (κ3) is 3.38. The Morgan fingerprint density at radius 2 is 1.80 bits per heavy atom. The SMILES string of the molecule is Cc1cccc(NC(C(N)=O)C(C)c2ccccc2)c1. The number of carbonyl (C=O) groups excluding carboxylic acids is 1. The van der Waals surface area contributed by atoms with Crippen molar-refractivity contribution in [2.24, 2.45) is 5.73 Å². The summed E-state index contributed by atoms with van der Waals surface area (Å²) in [7, 11) is 0. The zero-order valence-electron chi connectivity index (χ0n) is 11.8. The van der Waals surface area contributed by atoms with Crippen molar-refractivity contribution in [2.75, 3.05) is 5.32 Å². The van der Waals surface area contributed by atoms with E-state index >= 15 is 0 Å². The lowest BCUT2D eigenvalue weighted by Crippen LogP contribution is -2.39. The van der Waals surface area contributed by atoms with Gasteiger partial charge in [-0.2, -0.15) is 0 Å². The molecule has 1 amide bonds. The molecule has 0 aromatic heterocycles. The highest BCUT2D eigenvalue weighted by molar-refractivity contribution is 5.84. The van der Waals surface area contributed by atoms with Crippen molar-refractivity contribution >= 4 is 11.6 Å². The molecule has 0 heterocycles. The Morgan fingerprint density at radius 1 is 1.10 bits per heavy atom. The molecule has 104 valence electrons. The van der Waals surface area contributed by atoms with Crippen molar-refractivity contribution in [3.05, 3.63) is 65.7 Å². The molecule has 0 saturated carbocycles. The molecule has 0 fully saturated rings. The number of hydrogen-bond acceptors (Lipinski definition) is 2. The minimum Gasteiger partial charge on any atom is -0.373 e. The van der Waals surface area contributed by atoms with Gasteiger partial charge in [-0.25, -0.2) is 0 Å². The first-order chi connectivity index (χ1) is 9.58. The number of amides is 1. The predicted octanol–water partition coefficient (Wildman–Crippen LogP) is 3.06. The number of benzene rings is 2. The molecule has 0 aliphatic carbocycles. The third-order valence-corrected chi connectivity index (χ3v) is 3.47. The number of carbonyl (C=O) groups is 1. The Hall–Kier alpha value is -2.29. The molecular formula is C17H20N2O. The van der Waals surface area contributed by atoms with Gasteiger partial charge >= 0.3 is 0 Å². The van der Waals surface area contributed by atoms with Crippen LogP contribution in [0.15, 0.2) is 54.6 Å². The van der Waals surface area contributed by atoms with Gasteiger partial charge in [-0.3, -0.25) is 4.79 Å². The van der Waals surface area contributed by atoms with E-state index in [9.17, 15) is 4.79 Å². The first kappa shape index (κ1) is 14.1. The highest BCUT2D eigenvalue weighted by Crippen LogP contribution is 2.22. The largest absolute Gasteiger partial charge is 0.373 e. The van der Waals surface area contributed by atoms with Crippen molar-refractivity contribution in [1.82, 2.24) is 0 Å². The molecule has 3 nitrogen and oxygen atoms in total. The average Bonchev–Trinajstić information content (AvgIpc) is 2.45. The molecule has 0 aliphatic rings. The van der Waals surface area contributed by atoms with Gasteiger partial charge in [0.05, 0.1) is 0 Å². The number of rotatable bonds is 5. The van der Waals surface area contributed by atoms with Crippen molar-refractivity contribution in [1.29, 1.82) is 0 Å². The zero-order valence-corrected chi connectivity index (χ0v) is 11.8. The van der Waals surface area contributed by atoms with Crippen LogP contribution in [-0.4, -0.2) is 11.9 Å². The Kier molecular flexibility index (Phi) is 4.41. The maximum atomic E-state index is 11.8. The quantitative estimate of drug-likeness (QED) is 0.875. The van der Waals surface area contributed by atoms with E-state index in [1.54, 1.807) is 0 Å². The summed E-state index contributed by atoms with van der Waals surface area (Å²) in [6.07, 6.45) is 0. The zero-order chi connectivity index (χ0) is 14.5. The summed E-state index contributed by atoms with van der Waals surface area (Å²) in [6, 6.07) is 17.4. The van der Waals surface area contributed by atoms with Crippen molar-refractivity contribution in [2.45, 2.75) is 25.8 Å². The monoisotopic (exact) mass is 268 g/mol. The Labute approximate surface area is 119 Å². The van der Waals surface area contributed by atoms with Crippen LogP contribution in [0.2, 0.25) is 0 Å². The molecule has 0 bridgehead atoms. The minimum atomic E-state index is -0.431. The number of hydrogen-bond donors (Lipinski definition) is 2. The molecular weight excluding hydrogens is 248 g/mol. The van der Waals surface area contributed by atoms with Crippen LogP contribution < -0.4 is 11.1 Å². The first-order valence-electron chi connectivity index (χ1n) is 6.75. The maximum absolute atomic E-state index is 11.8. The molecule has 2 rings (SSSR count). The summed E-state index contributed by atoms with van der Waals surface area (Å²) in [5.74, 6) is -0.336. The lowest BCUT2D eigenvalue weighted by molar-refractivity contribution is -0.119. The van der Waals surface area contributed by atoms with Crippen LogP contribution in [0.25, 0.3) is 0 Å². The van der Waals surface area contributed by atoms with E-state index in [0.29, 0.717) is 0 Å². The molecule has 2 aromatic carbocycles. The van der Waals surface area contributed by atoms with Crippen LogP contribution in [0.5, 0.6) is 0 Å². The van der Waals surface area contributed by atoms with Crippen molar-refractivity contribution in [3.8, 4) is 0 Å². The molecule has 2 atom stereocenters. The Bertz CT molecular complexity index is 581. The summed E-state index contributed by atoms with van der Waals surface area (Å²) >= 11 is 0. The molecule has 0 spiro atoms. The summed E-state index contributed by atoms with van der Waals surface area (Å²) in [5, 5.41) is 3.24. The van der Waals surface area contributed by atoms with Crippen LogP contribution in [0, 0.1) is 6.92 Å². The van der Waals surface area contributed by atoms with Gasteiger partial charge in [-0.1, -0.05) is 49.4 Å². The van der Waals surface area contributed by atoms with Crippen molar-refractivity contribution in [3.63, 3.8) is 0 Å². The number of nitrogens with two attached hydrogens (primary N) is 1. The third-order valence-electron chi connectivity index (χ3n) is 3.47. The van der Waals surface area contributed by atoms with E-state index in [-0.39, 0.29) is 11.8 Å². The van der Waals surface area contributed by atoms with E-state index in [4.69, 9.17) is 5.73 Å². The van der Waals surface area contributed by atoms with Crippen LogP contribution in [-0.2, 0) is 4.79 Å². The fraction of sp³-hybridized carbons (Fsp3) is 0.235. The van der Waals surface area contributed by atoms with Gasteiger partial charge in [0.15, 0.2) is 0 Å². The highest BCUT2D eigenvalue weighted by Gasteiger charge is 2.23. The summed E-state index contributed by atoms with van der Waals surface area (Å²) in [5.41, 5.74) is 8.71. The predicted molar refractivity (Wildman–Crippen MR) is 82.6 cm³/mol. The molecule has 3 heteroatoms. The lowest BCUT2D eigenvalue weighted by atomic mass is 9.92. The highest BCUT2D eigenvalue weighted by atomic mass is 16.1. The number of anilines is 1. The Morgan fingerprint density at radius 3 is 2.40 bits per heavy atom. The number of aryl methyl sites for hydroxylation is 1.